The quantitative estimate of drug-likeness (QED) is 0.725. The summed E-state index contributed by atoms with van der Waals surface area (Å²) in [6.45, 7) is 7.40. The van der Waals surface area contributed by atoms with E-state index >= 15 is 0 Å². The van der Waals surface area contributed by atoms with Crippen molar-refractivity contribution in [1.29, 1.82) is 0 Å². The van der Waals surface area contributed by atoms with Crippen molar-refractivity contribution in [2.45, 2.75) is 26.2 Å². The zero-order valence-electron chi connectivity index (χ0n) is 12.9. The van der Waals surface area contributed by atoms with Gasteiger partial charge >= 0.3 is 0 Å². The molecule has 0 aliphatic rings. The Hall–Kier alpha value is -2.41. The van der Waals surface area contributed by atoms with Crippen molar-refractivity contribution >= 4 is 25.3 Å². The number of aromatic nitrogens is 4. The molecule has 3 rings (SSSR count). The number of aromatic amines is 2. The molecular formula is C15H19N5OSi. The maximum absolute atomic E-state index is 12.2. The van der Waals surface area contributed by atoms with E-state index in [4.69, 9.17) is 0 Å². The van der Waals surface area contributed by atoms with Crippen molar-refractivity contribution in [2.24, 2.45) is 0 Å². The van der Waals surface area contributed by atoms with Crippen LogP contribution in [0.3, 0.4) is 0 Å². The van der Waals surface area contributed by atoms with Crippen LogP contribution in [-0.2, 0) is 6.54 Å². The largest absolute Gasteiger partial charge is 0.366 e. The van der Waals surface area contributed by atoms with Gasteiger partial charge in [0.15, 0.2) is 25.3 Å². The van der Waals surface area contributed by atoms with E-state index < -0.39 is 8.24 Å². The molecule has 0 fully saturated rings. The first-order chi connectivity index (χ1) is 10.4. The number of hydrogen-bond donors (Lipinski definition) is 2. The molecule has 0 saturated heterocycles. The third-order valence-corrected chi connectivity index (χ3v) is 5.52. The van der Waals surface area contributed by atoms with E-state index in [0.29, 0.717) is 17.1 Å². The number of H-pyrrole nitrogens is 2. The Bertz CT molecular complexity index is 834. The minimum atomic E-state index is -1.74. The predicted molar refractivity (Wildman–Crippen MR) is 90.5 cm³/mol. The lowest BCUT2D eigenvalue weighted by molar-refractivity contribution is 0.935. The van der Waals surface area contributed by atoms with E-state index in [9.17, 15) is 4.79 Å². The molecule has 0 bridgehead atoms. The summed E-state index contributed by atoms with van der Waals surface area (Å²) in [7, 11) is -1.74. The lowest BCUT2D eigenvalue weighted by Gasteiger charge is -2.34. The molecular weight excluding hydrogens is 294 g/mol. The lowest BCUT2D eigenvalue weighted by atomic mass is 10.2. The van der Waals surface area contributed by atoms with E-state index in [1.54, 1.807) is 0 Å². The third kappa shape index (κ3) is 2.80. The van der Waals surface area contributed by atoms with Crippen molar-refractivity contribution in [3.05, 3.63) is 52.6 Å². The predicted octanol–water partition coefficient (Wildman–Crippen LogP) is 2.49. The number of hydrogen-bond acceptors (Lipinski definition) is 4. The highest BCUT2D eigenvalue weighted by molar-refractivity contribution is 6.79. The van der Waals surface area contributed by atoms with Crippen LogP contribution in [0.1, 0.15) is 5.56 Å². The Labute approximate surface area is 129 Å². The third-order valence-electron chi connectivity index (χ3n) is 3.53. The molecule has 0 radical (unpaired) electrons. The van der Waals surface area contributed by atoms with Crippen LogP contribution in [0, 0.1) is 0 Å². The highest BCUT2D eigenvalue weighted by Gasteiger charge is 2.27. The number of anilines is 1. The number of imidazole rings is 1. The lowest BCUT2D eigenvalue weighted by Crippen LogP contribution is -2.47. The minimum Gasteiger partial charge on any atom is -0.366 e. The van der Waals surface area contributed by atoms with Gasteiger partial charge in [0.25, 0.3) is 5.56 Å². The first-order valence-electron chi connectivity index (χ1n) is 7.20. The van der Waals surface area contributed by atoms with Crippen LogP contribution >= 0.6 is 0 Å². The second-order valence-electron chi connectivity index (χ2n) is 6.23. The summed E-state index contributed by atoms with van der Waals surface area (Å²) in [6, 6.07) is 10.2. The van der Waals surface area contributed by atoms with E-state index in [-0.39, 0.29) is 5.56 Å². The minimum absolute atomic E-state index is 0.186. The Balaban J connectivity index is 2.06. The monoisotopic (exact) mass is 313 g/mol. The van der Waals surface area contributed by atoms with Crippen molar-refractivity contribution in [1.82, 2.24) is 19.9 Å². The first-order valence-corrected chi connectivity index (χ1v) is 10.6. The summed E-state index contributed by atoms with van der Waals surface area (Å²) in [4.78, 5) is 26.5. The summed E-state index contributed by atoms with van der Waals surface area (Å²) in [5, 5.41) is 0. The molecule has 3 aromatic rings. The zero-order valence-corrected chi connectivity index (χ0v) is 13.9. The second kappa shape index (κ2) is 5.41. The van der Waals surface area contributed by atoms with Gasteiger partial charge < -0.3 is 9.55 Å². The van der Waals surface area contributed by atoms with Crippen molar-refractivity contribution in [2.75, 3.05) is 4.57 Å². The van der Waals surface area contributed by atoms with Gasteiger partial charge in [0.1, 0.15) is 0 Å². The number of fused-ring (bicyclic) bond motifs is 1. The average Bonchev–Trinajstić information content (AvgIpc) is 2.93. The number of rotatable bonds is 4. The van der Waals surface area contributed by atoms with Gasteiger partial charge in [0.2, 0.25) is 0 Å². The molecule has 0 aliphatic heterocycles. The molecule has 7 heteroatoms. The van der Waals surface area contributed by atoms with E-state index in [2.05, 4.69) is 56.3 Å². The summed E-state index contributed by atoms with van der Waals surface area (Å²) >= 11 is 0. The summed E-state index contributed by atoms with van der Waals surface area (Å²) in [5.74, 6) is 0.590. The fourth-order valence-corrected chi connectivity index (χ4v) is 3.75. The van der Waals surface area contributed by atoms with E-state index in [1.165, 1.54) is 11.9 Å². The van der Waals surface area contributed by atoms with E-state index in [0.717, 1.165) is 6.54 Å². The maximum atomic E-state index is 12.2. The molecule has 114 valence electrons. The van der Waals surface area contributed by atoms with Crippen molar-refractivity contribution in [3.8, 4) is 0 Å². The molecule has 0 unspecified atom stereocenters. The van der Waals surface area contributed by atoms with Crippen molar-refractivity contribution < 1.29 is 0 Å². The number of benzene rings is 1. The smallest absolute Gasteiger partial charge is 0.278 e. The molecule has 6 nitrogen and oxygen atoms in total. The fraction of sp³-hybridized carbons (Fsp3) is 0.267. The highest BCUT2D eigenvalue weighted by atomic mass is 28.3. The maximum Gasteiger partial charge on any atom is 0.278 e. The van der Waals surface area contributed by atoms with Gasteiger partial charge in [-0.2, -0.15) is 4.98 Å². The Morgan fingerprint density at radius 3 is 2.59 bits per heavy atom. The van der Waals surface area contributed by atoms with Crippen LogP contribution in [0.2, 0.25) is 19.6 Å². The Morgan fingerprint density at radius 2 is 1.91 bits per heavy atom. The van der Waals surface area contributed by atoms with Gasteiger partial charge in [0, 0.05) is 6.54 Å². The summed E-state index contributed by atoms with van der Waals surface area (Å²) in [5.41, 5.74) is 1.87. The summed E-state index contributed by atoms with van der Waals surface area (Å²) < 4.78 is 2.21. The second-order valence-corrected chi connectivity index (χ2v) is 11.1. The standard InChI is InChI=1S/C15H19N5OSi/c1-22(2,3)20(9-11-7-5-4-6-8-11)15-18-13-12(14(21)19-15)16-10-17-13/h4-8,10H,9H2,1-3H3,(H2,16,17,18,19,21). The Morgan fingerprint density at radius 1 is 1.18 bits per heavy atom. The molecule has 0 aliphatic carbocycles. The fourth-order valence-electron chi connectivity index (χ4n) is 2.35. The van der Waals surface area contributed by atoms with Crippen LogP contribution < -0.4 is 10.1 Å². The molecule has 2 aromatic heterocycles. The normalized spacial score (nSPS) is 11.8. The molecule has 2 N–H and O–H groups in total. The number of nitrogens with one attached hydrogen (secondary N) is 2. The van der Waals surface area contributed by atoms with Crippen LogP contribution in [-0.4, -0.2) is 28.2 Å². The molecule has 0 atom stereocenters. The number of nitrogens with zero attached hydrogens (tertiary/aromatic N) is 3. The molecule has 1 aromatic carbocycles. The van der Waals surface area contributed by atoms with Crippen LogP contribution in [0.5, 0.6) is 0 Å². The Kier molecular flexibility index (Phi) is 3.57. The topological polar surface area (TPSA) is 77.7 Å². The molecule has 0 saturated carbocycles. The summed E-state index contributed by atoms with van der Waals surface area (Å²) in [6.07, 6.45) is 1.49. The van der Waals surface area contributed by atoms with Crippen LogP contribution in [0.15, 0.2) is 41.5 Å². The molecule has 2 heterocycles. The van der Waals surface area contributed by atoms with E-state index in [1.807, 2.05) is 18.2 Å². The average molecular weight is 313 g/mol. The van der Waals surface area contributed by atoms with Crippen LogP contribution in [0.4, 0.5) is 5.95 Å². The first kappa shape index (κ1) is 14.5. The zero-order chi connectivity index (χ0) is 15.7. The molecule has 0 amide bonds. The highest BCUT2D eigenvalue weighted by Crippen LogP contribution is 2.20. The SMILES string of the molecule is C[Si](C)(C)N(Cc1ccccc1)c1nc2nc[nH]c2c(=O)[nH]1. The van der Waals surface area contributed by atoms with Gasteiger partial charge in [-0.05, 0) is 5.56 Å². The van der Waals surface area contributed by atoms with Gasteiger partial charge in [-0.25, -0.2) is 4.98 Å². The van der Waals surface area contributed by atoms with Gasteiger partial charge in [-0.15, -0.1) is 0 Å². The molecule has 0 spiro atoms. The van der Waals surface area contributed by atoms with Gasteiger partial charge in [0.05, 0.1) is 6.33 Å². The van der Waals surface area contributed by atoms with Gasteiger partial charge in [-0.1, -0.05) is 50.0 Å². The van der Waals surface area contributed by atoms with Gasteiger partial charge in [-0.3, -0.25) is 9.78 Å². The van der Waals surface area contributed by atoms with Crippen LogP contribution in [0.25, 0.3) is 11.2 Å². The van der Waals surface area contributed by atoms with Crippen molar-refractivity contribution in [3.63, 3.8) is 0 Å². The molecule has 22 heavy (non-hydrogen) atoms.